The molecule has 0 N–H and O–H groups in total. The van der Waals surface area contributed by atoms with Gasteiger partial charge in [0.1, 0.15) is 0 Å². The van der Waals surface area contributed by atoms with Gasteiger partial charge in [-0.3, -0.25) is 4.79 Å². The molecule has 25 heavy (non-hydrogen) atoms. The van der Waals surface area contributed by atoms with Gasteiger partial charge in [-0.05, 0) is 48.4 Å². The number of hydrogen-bond acceptors (Lipinski definition) is 3. The summed E-state index contributed by atoms with van der Waals surface area (Å²) in [6.07, 6.45) is -3.28. The SMILES string of the molecule is COc1ccc(CCN(C=O)c2ccc(C(F)(F)F)cc2)cc1OC. The summed E-state index contributed by atoms with van der Waals surface area (Å²) in [6, 6.07) is 9.89. The molecule has 0 unspecified atom stereocenters. The van der Waals surface area contributed by atoms with Crippen LogP contribution in [-0.2, 0) is 17.4 Å². The van der Waals surface area contributed by atoms with Gasteiger partial charge in [0.25, 0.3) is 0 Å². The van der Waals surface area contributed by atoms with E-state index in [1.807, 2.05) is 6.07 Å². The first-order valence-electron chi connectivity index (χ1n) is 7.49. The maximum absolute atomic E-state index is 12.6. The number of anilines is 1. The number of methoxy groups -OCH3 is 2. The minimum Gasteiger partial charge on any atom is -0.493 e. The molecule has 0 fully saturated rings. The van der Waals surface area contributed by atoms with Gasteiger partial charge in [0.15, 0.2) is 11.5 Å². The zero-order chi connectivity index (χ0) is 18.4. The summed E-state index contributed by atoms with van der Waals surface area (Å²) in [4.78, 5) is 12.6. The van der Waals surface area contributed by atoms with Crippen molar-refractivity contribution < 1.29 is 27.4 Å². The summed E-state index contributed by atoms with van der Waals surface area (Å²) < 4.78 is 48.2. The Bertz CT molecular complexity index is 714. The highest BCUT2D eigenvalue weighted by Crippen LogP contribution is 2.31. The molecule has 0 spiro atoms. The second kappa shape index (κ2) is 7.92. The van der Waals surface area contributed by atoms with Crippen LogP contribution in [0.4, 0.5) is 18.9 Å². The van der Waals surface area contributed by atoms with E-state index in [1.54, 1.807) is 12.1 Å². The van der Waals surface area contributed by atoms with Crippen LogP contribution in [0.3, 0.4) is 0 Å². The van der Waals surface area contributed by atoms with Crippen molar-refractivity contribution in [2.45, 2.75) is 12.6 Å². The standard InChI is InChI=1S/C18H18F3NO3/c1-24-16-8-3-13(11-17(16)25-2)9-10-22(12-23)15-6-4-14(5-7-15)18(19,20)21/h3-8,11-12H,9-10H2,1-2H3. The van der Waals surface area contributed by atoms with E-state index in [4.69, 9.17) is 9.47 Å². The molecule has 0 heterocycles. The molecular formula is C18H18F3NO3. The minimum atomic E-state index is -4.40. The number of carbonyl (C=O) groups excluding carboxylic acids is 1. The Morgan fingerprint density at radius 2 is 1.64 bits per heavy atom. The van der Waals surface area contributed by atoms with Gasteiger partial charge in [0.05, 0.1) is 19.8 Å². The highest BCUT2D eigenvalue weighted by Gasteiger charge is 2.30. The summed E-state index contributed by atoms with van der Waals surface area (Å²) in [5.41, 5.74) is 0.571. The molecule has 0 bridgehead atoms. The average Bonchev–Trinajstić information content (AvgIpc) is 2.61. The molecule has 4 nitrogen and oxygen atoms in total. The number of halogens is 3. The van der Waals surface area contributed by atoms with E-state index in [0.717, 1.165) is 17.7 Å². The van der Waals surface area contributed by atoms with Crippen LogP contribution in [0.25, 0.3) is 0 Å². The van der Waals surface area contributed by atoms with Crippen LogP contribution in [-0.4, -0.2) is 27.2 Å². The van der Waals surface area contributed by atoms with Gasteiger partial charge in [-0.25, -0.2) is 0 Å². The maximum atomic E-state index is 12.6. The number of ether oxygens (including phenoxy) is 2. The predicted molar refractivity (Wildman–Crippen MR) is 88.1 cm³/mol. The molecule has 0 radical (unpaired) electrons. The molecule has 2 rings (SSSR count). The van der Waals surface area contributed by atoms with Gasteiger partial charge in [-0.1, -0.05) is 6.07 Å². The van der Waals surface area contributed by atoms with Crippen LogP contribution in [0.15, 0.2) is 42.5 Å². The van der Waals surface area contributed by atoms with Crippen molar-refractivity contribution in [2.24, 2.45) is 0 Å². The Hall–Kier alpha value is -2.70. The maximum Gasteiger partial charge on any atom is 0.416 e. The third-order valence-corrected chi connectivity index (χ3v) is 3.74. The second-order valence-corrected chi connectivity index (χ2v) is 5.28. The lowest BCUT2D eigenvalue weighted by molar-refractivity contribution is -0.137. The van der Waals surface area contributed by atoms with Crippen LogP contribution in [0.2, 0.25) is 0 Å². The molecule has 0 saturated carbocycles. The Morgan fingerprint density at radius 1 is 1.00 bits per heavy atom. The summed E-state index contributed by atoms with van der Waals surface area (Å²) in [6.45, 7) is 0.324. The third-order valence-electron chi connectivity index (χ3n) is 3.74. The van der Waals surface area contributed by atoms with Crippen LogP contribution in [0, 0.1) is 0 Å². The third kappa shape index (κ3) is 4.65. The summed E-state index contributed by atoms with van der Waals surface area (Å²) in [7, 11) is 3.07. The normalized spacial score (nSPS) is 11.1. The molecule has 0 aliphatic heterocycles. The zero-order valence-electron chi connectivity index (χ0n) is 13.8. The Morgan fingerprint density at radius 3 is 2.16 bits per heavy atom. The number of nitrogens with zero attached hydrogens (tertiary/aromatic N) is 1. The summed E-state index contributed by atoms with van der Waals surface area (Å²) >= 11 is 0. The Kier molecular flexibility index (Phi) is 5.90. The van der Waals surface area contributed by atoms with Crippen molar-refractivity contribution in [1.82, 2.24) is 0 Å². The molecule has 0 aliphatic carbocycles. The largest absolute Gasteiger partial charge is 0.493 e. The fourth-order valence-electron chi connectivity index (χ4n) is 2.37. The van der Waals surface area contributed by atoms with Gasteiger partial charge in [0.2, 0.25) is 6.41 Å². The quantitative estimate of drug-likeness (QED) is 0.708. The highest BCUT2D eigenvalue weighted by molar-refractivity contribution is 5.75. The number of rotatable bonds is 7. The van der Waals surface area contributed by atoms with Crippen molar-refractivity contribution in [2.75, 3.05) is 25.7 Å². The lowest BCUT2D eigenvalue weighted by Gasteiger charge is -2.18. The second-order valence-electron chi connectivity index (χ2n) is 5.28. The van der Waals surface area contributed by atoms with Crippen molar-refractivity contribution in [1.29, 1.82) is 0 Å². The van der Waals surface area contributed by atoms with Gasteiger partial charge in [-0.15, -0.1) is 0 Å². The van der Waals surface area contributed by atoms with Crippen LogP contribution >= 0.6 is 0 Å². The topological polar surface area (TPSA) is 38.8 Å². The summed E-state index contributed by atoms with van der Waals surface area (Å²) in [5.74, 6) is 1.17. The van der Waals surface area contributed by atoms with E-state index in [0.29, 0.717) is 36.6 Å². The minimum absolute atomic E-state index is 0.324. The van der Waals surface area contributed by atoms with E-state index in [1.165, 1.54) is 31.3 Å². The van der Waals surface area contributed by atoms with Gasteiger partial charge >= 0.3 is 6.18 Å². The fraction of sp³-hybridized carbons (Fsp3) is 0.278. The molecular weight excluding hydrogens is 335 g/mol. The van der Waals surface area contributed by atoms with Crippen molar-refractivity contribution in [3.05, 3.63) is 53.6 Å². The van der Waals surface area contributed by atoms with E-state index in [-0.39, 0.29) is 0 Å². The van der Waals surface area contributed by atoms with E-state index >= 15 is 0 Å². The van der Waals surface area contributed by atoms with E-state index in [2.05, 4.69) is 0 Å². The summed E-state index contributed by atoms with van der Waals surface area (Å²) in [5, 5.41) is 0. The van der Waals surface area contributed by atoms with Crippen LogP contribution in [0.5, 0.6) is 11.5 Å². The van der Waals surface area contributed by atoms with Crippen molar-refractivity contribution >= 4 is 12.1 Å². The average molecular weight is 353 g/mol. The van der Waals surface area contributed by atoms with Crippen LogP contribution in [0.1, 0.15) is 11.1 Å². The first kappa shape index (κ1) is 18.6. The first-order chi connectivity index (χ1) is 11.9. The Balaban J connectivity index is 2.09. The highest BCUT2D eigenvalue weighted by atomic mass is 19.4. The monoisotopic (exact) mass is 353 g/mol. The number of amides is 1. The lowest BCUT2D eigenvalue weighted by Crippen LogP contribution is -2.24. The van der Waals surface area contributed by atoms with Gasteiger partial charge in [-0.2, -0.15) is 13.2 Å². The molecule has 1 amide bonds. The van der Waals surface area contributed by atoms with E-state index in [9.17, 15) is 18.0 Å². The molecule has 134 valence electrons. The number of hydrogen-bond donors (Lipinski definition) is 0. The molecule has 7 heteroatoms. The number of alkyl halides is 3. The fourth-order valence-corrected chi connectivity index (χ4v) is 2.37. The smallest absolute Gasteiger partial charge is 0.416 e. The van der Waals surface area contributed by atoms with Crippen molar-refractivity contribution in [3.63, 3.8) is 0 Å². The lowest BCUT2D eigenvalue weighted by atomic mass is 10.1. The number of carbonyl (C=O) groups is 1. The molecule has 0 aromatic heterocycles. The number of benzene rings is 2. The molecule has 0 aliphatic rings. The molecule has 0 atom stereocenters. The molecule has 0 saturated heterocycles. The zero-order valence-corrected chi connectivity index (χ0v) is 13.8. The van der Waals surface area contributed by atoms with Crippen LogP contribution < -0.4 is 14.4 Å². The van der Waals surface area contributed by atoms with E-state index < -0.39 is 11.7 Å². The van der Waals surface area contributed by atoms with Gasteiger partial charge < -0.3 is 14.4 Å². The molecule has 2 aromatic carbocycles. The first-order valence-corrected chi connectivity index (χ1v) is 7.49. The molecule has 2 aromatic rings. The predicted octanol–water partition coefficient (Wildman–Crippen LogP) is 3.93. The Labute approximate surface area is 143 Å². The van der Waals surface area contributed by atoms with Crippen molar-refractivity contribution in [3.8, 4) is 11.5 Å². The van der Waals surface area contributed by atoms with Gasteiger partial charge in [0, 0.05) is 12.2 Å².